The molecule has 0 radical (unpaired) electrons. The van der Waals surface area contributed by atoms with Gasteiger partial charge in [-0.25, -0.2) is 0 Å². The van der Waals surface area contributed by atoms with Gasteiger partial charge in [-0.05, 0) is 17.7 Å². The molecule has 0 aromatic heterocycles. The Hall–Kier alpha value is -1.72. The third-order valence-electron chi connectivity index (χ3n) is 4.05. The van der Waals surface area contributed by atoms with E-state index in [4.69, 9.17) is 21.1 Å². The molecular formula is C19H19ClO4. The van der Waals surface area contributed by atoms with Crippen LogP contribution in [-0.4, -0.2) is 35.8 Å². The molecule has 2 aromatic carbocycles. The number of halogens is 1. The SMILES string of the molecule is O=C(C[C@@H]1OC[C@@H](O)[C@H]1OCc1ccccc1)c1cccc(Cl)c1. The first-order valence-corrected chi connectivity index (χ1v) is 8.25. The van der Waals surface area contributed by atoms with Gasteiger partial charge in [0.25, 0.3) is 0 Å². The van der Waals surface area contributed by atoms with E-state index in [1.807, 2.05) is 30.3 Å². The van der Waals surface area contributed by atoms with Gasteiger partial charge >= 0.3 is 0 Å². The Morgan fingerprint density at radius 1 is 1.21 bits per heavy atom. The van der Waals surface area contributed by atoms with Crippen molar-refractivity contribution in [3.05, 3.63) is 70.7 Å². The first-order chi connectivity index (χ1) is 11.6. The minimum atomic E-state index is -0.731. The molecule has 5 heteroatoms. The maximum Gasteiger partial charge on any atom is 0.165 e. The van der Waals surface area contributed by atoms with Crippen LogP contribution in [0.3, 0.4) is 0 Å². The van der Waals surface area contributed by atoms with E-state index >= 15 is 0 Å². The Morgan fingerprint density at radius 3 is 2.75 bits per heavy atom. The number of Topliss-reactive ketones (excluding diaryl/α,β-unsaturated/α-hetero) is 1. The lowest BCUT2D eigenvalue weighted by Gasteiger charge is -2.20. The third kappa shape index (κ3) is 4.22. The molecule has 0 amide bonds. The topological polar surface area (TPSA) is 55.8 Å². The summed E-state index contributed by atoms with van der Waals surface area (Å²) < 4.78 is 11.4. The second-order valence-corrected chi connectivity index (χ2v) is 6.27. The number of carbonyl (C=O) groups is 1. The van der Waals surface area contributed by atoms with Crippen LogP contribution >= 0.6 is 11.6 Å². The van der Waals surface area contributed by atoms with E-state index in [1.165, 1.54) is 0 Å². The average molecular weight is 347 g/mol. The normalized spacial score (nSPS) is 23.3. The number of ketones is 1. The first kappa shape index (κ1) is 17.1. The van der Waals surface area contributed by atoms with Gasteiger partial charge in [-0.15, -0.1) is 0 Å². The van der Waals surface area contributed by atoms with Gasteiger partial charge in [-0.3, -0.25) is 4.79 Å². The zero-order chi connectivity index (χ0) is 16.9. The summed E-state index contributed by atoms with van der Waals surface area (Å²) in [4.78, 5) is 12.4. The van der Waals surface area contributed by atoms with Gasteiger partial charge in [-0.1, -0.05) is 54.1 Å². The van der Waals surface area contributed by atoms with E-state index in [9.17, 15) is 9.90 Å². The fourth-order valence-electron chi connectivity index (χ4n) is 2.78. The molecule has 1 aliphatic heterocycles. The van der Waals surface area contributed by atoms with Crippen LogP contribution in [0.1, 0.15) is 22.3 Å². The summed E-state index contributed by atoms with van der Waals surface area (Å²) in [6, 6.07) is 16.5. The summed E-state index contributed by atoms with van der Waals surface area (Å²) in [6.07, 6.45) is -1.56. The van der Waals surface area contributed by atoms with Crippen LogP contribution in [0.5, 0.6) is 0 Å². The molecule has 1 heterocycles. The summed E-state index contributed by atoms with van der Waals surface area (Å²) in [5.74, 6) is -0.0788. The number of hydrogen-bond acceptors (Lipinski definition) is 4. The molecule has 1 saturated heterocycles. The highest BCUT2D eigenvalue weighted by molar-refractivity contribution is 6.31. The second kappa shape index (κ2) is 7.90. The molecule has 0 aliphatic carbocycles. The Bertz CT molecular complexity index is 689. The molecule has 1 N–H and O–H groups in total. The predicted octanol–water partition coefficient (Wildman–Crippen LogP) is 3.26. The van der Waals surface area contributed by atoms with Gasteiger partial charge in [0.1, 0.15) is 12.2 Å². The van der Waals surface area contributed by atoms with Gasteiger partial charge in [0, 0.05) is 17.0 Å². The molecule has 1 fully saturated rings. The lowest BCUT2D eigenvalue weighted by Crippen LogP contribution is -2.34. The van der Waals surface area contributed by atoms with Crippen LogP contribution in [0.4, 0.5) is 0 Å². The molecule has 0 unspecified atom stereocenters. The van der Waals surface area contributed by atoms with Crippen LogP contribution in [0.25, 0.3) is 0 Å². The van der Waals surface area contributed by atoms with Crippen molar-refractivity contribution >= 4 is 17.4 Å². The molecule has 0 saturated carbocycles. The Morgan fingerprint density at radius 2 is 2.00 bits per heavy atom. The molecule has 3 atom stereocenters. The molecule has 24 heavy (non-hydrogen) atoms. The standard InChI is InChI=1S/C19H19ClO4/c20-15-8-4-7-14(9-15)16(21)10-18-19(17(22)12-23-18)24-11-13-5-2-1-3-6-13/h1-9,17-19,22H,10-12H2/t17-,18+,19-/m1/s1. The number of aliphatic hydroxyl groups excluding tert-OH is 1. The molecule has 2 aromatic rings. The summed E-state index contributed by atoms with van der Waals surface area (Å²) in [6.45, 7) is 0.542. The van der Waals surface area contributed by atoms with Gasteiger partial charge in [0.2, 0.25) is 0 Å². The largest absolute Gasteiger partial charge is 0.388 e. The summed E-state index contributed by atoms with van der Waals surface area (Å²) in [7, 11) is 0. The van der Waals surface area contributed by atoms with Crippen molar-refractivity contribution in [3.63, 3.8) is 0 Å². The molecule has 3 rings (SSSR count). The van der Waals surface area contributed by atoms with Crippen LogP contribution in [0.2, 0.25) is 5.02 Å². The molecule has 0 bridgehead atoms. The Balaban J connectivity index is 1.62. The van der Waals surface area contributed by atoms with Crippen LogP contribution in [0.15, 0.2) is 54.6 Å². The number of carbonyl (C=O) groups excluding carboxylic acids is 1. The van der Waals surface area contributed by atoms with Crippen LogP contribution in [-0.2, 0) is 16.1 Å². The maximum atomic E-state index is 12.4. The monoisotopic (exact) mass is 346 g/mol. The Kier molecular flexibility index (Phi) is 5.63. The maximum absolute atomic E-state index is 12.4. The number of hydrogen-bond donors (Lipinski definition) is 1. The number of aliphatic hydroxyl groups is 1. The number of ether oxygens (including phenoxy) is 2. The van der Waals surface area contributed by atoms with Crippen molar-refractivity contribution in [2.45, 2.75) is 31.3 Å². The van der Waals surface area contributed by atoms with Gasteiger partial charge in [-0.2, -0.15) is 0 Å². The minimum absolute atomic E-state index is 0.0788. The minimum Gasteiger partial charge on any atom is -0.388 e. The number of rotatable bonds is 6. The highest BCUT2D eigenvalue weighted by Crippen LogP contribution is 2.24. The zero-order valence-electron chi connectivity index (χ0n) is 13.1. The number of benzene rings is 2. The molecule has 1 aliphatic rings. The van der Waals surface area contributed by atoms with Gasteiger partial charge in [0.15, 0.2) is 5.78 Å². The summed E-state index contributed by atoms with van der Waals surface area (Å²) in [5, 5.41) is 10.6. The van der Waals surface area contributed by atoms with E-state index < -0.39 is 18.3 Å². The molecular weight excluding hydrogens is 328 g/mol. The first-order valence-electron chi connectivity index (χ1n) is 7.87. The molecule has 4 nitrogen and oxygen atoms in total. The molecule has 126 valence electrons. The molecule has 0 spiro atoms. The lowest BCUT2D eigenvalue weighted by atomic mass is 10.0. The van der Waals surface area contributed by atoms with Crippen molar-refractivity contribution in [1.29, 1.82) is 0 Å². The van der Waals surface area contributed by atoms with Gasteiger partial charge < -0.3 is 14.6 Å². The summed E-state index contributed by atoms with van der Waals surface area (Å²) >= 11 is 5.93. The van der Waals surface area contributed by atoms with E-state index in [-0.39, 0.29) is 18.8 Å². The van der Waals surface area contributed by atoms with E-state index in [0.29, 0.717) is 17.2 Å². The van der Waals surface area contributed by atoms with Crippen molar-refractivity contribution < 1.29 is 19.4 Å². The predicted molar refractivity (Wildman–Crippen MR) is 91.2 cm³/mol. The van der Waals surface area contributed by atoms with Crippen LogP contribution in [0, 0.1) is 0 Å². The van der Waals surface area contributed by atoms with E-state index in [2.05, 4.69) is 0 Å². The Labute approximate surface area is 146 Å². The second-order valence-electron chi connectivity index (χ2n) is 5.84. The van der Waals surface area contributed by atoms with E-state index in [0.717, 1.165) is 5.56 Å². The smallest absolute Gasteiger partial charge is 0.165 e. The zero-order valence-corrected chi connectivity index (χ0v) is 13.9. The van der Waals surface area contributed by atoms with Gasteiger partial charge in [0.05, 0.1) is 19.3 Å². The van der Waals surface area contributed by atoms with Crippen molar-refractivity contribution in [3.8, 4) is 0 Å². The average Bonchev–Trinajstić information content (AvgIpc) is 2.93. The third-order valence-corrected chi connectivity index (χ3v) is 4.28. The quantitative estimate of drug-likeness (QED) is 0.816. The highest BCUT2D eigenvalue weighted by atomic mass is 35.5. The summed E-state index contributed by atoms with van der Waals surface area (Å²) in [5.41, 5.74) is 1.55. The van der Waals surface area contributed by atoms with Crippen molar-refractivity contribution in [2.75, 3.05) is 6.61 Å². The van der Waals surface area contributed by atoms with Crippen molar-refractivity contribution in [1.82, 2.24) is 0 Å². The van der Waals surface area contributed by atoms with E-state index in [1.54, 1.807) is 24.3 Å². The highest BCUT2D eigenvalue weighted by Gasteiger charge is 2.38. The van der Waals surface area contributed by atoms with Crippen LogP contribution < -0.4 is 0 Å². The lowest BCUT2D eigenvalue weighted by molar-refractivity contribution is -0.0459. The fraction of sp³-hybridized carbons (Fsp3) is 0.316. The van der Waals surface area contributed by atoms with Crippen molar-refractivity contribution in [2.24, 2.45) is 0 Å². The fourth-order valence-corrected chi connectivity index (χ4v) is 2.97.